The van der Waals surface area contributed by atoms with Gasteiger partial charge in [0, 0.05) is 50.5 Å². The predicted octanol–water partition coefficient (Wildman–Crippen LogP) is 1.86. The Kier molecular flexibility index (Phi) is 3.30. The Hall–Kier alpha value is -1.34. The van der Waals surface area contributed by atoms with Gasteiger partial charge in [-0.25, -0.2) is 4.98 Å². The molecule has 0 aromatic carbocycles. The van der Waals surface area contributed by atoms with Gasteiger partial charge >= 0.3 is 6.18 Å². The third kappa shape index (κ3) is 2.56. The van der Waals surface area contributed by atoms with Crippen molar-refractivity contribution >= 4 is 5.82 Å². The van der Waals surface area contributed by atoms with Gasteiger partial charge in [-0.15, -0.1) is 0 Å². The number of anilines is 1. The summed E-state index contributed by atoms with van der Waals surface area (Å²) in [6, 6.07) is 2.12. The molecule has 2 fully saturated rings. The molecule has 7 heteroatoms. The molecule has 0 spiro atoms. The van der Waals surface area contributed by atoms with Crippen molar-refractivity contribution in [2.45, 2.75) is 37.6 Å². The standard InChI is InChI=1S/C15H19F3N4/c16-15(17,18)11-5-10-8-21(12-1-2-12)9-13-7-19-3-4-22(13)14(10)20-6-11/h5-6,12-13,19H,1-4,7-9H2/t13-/m1/s1. The Morgan fingerprint density at radius 1 is 1.23 bits per heavy atom. The van der Waals surface area contributed by atoms with Crippen LogP contribution < -0.4 is 10.2 Å². The van der Waals surface area contributed by atoms with E-state index in [1.165, 1.54) is 6.07 Å². The highest BCUT2D eigenvalue weighted by molar-refractivity contribution is 5.51. The van der Waals surface area contributed by atoms with Gasteiger partial charge in [-0.05, 0) is 18.9 Å². The number of halogens is 3. The van der Waals surface area contributed by atoms with Crippen molar-refractivity contribution in [3.63, 3.8) is 0 Å². The minimum atomic E-state index is -4.33. The van der Waals surface area contributed by atoms with E-state index in [1.807, 2.05) is 0 Å². The molecule has 1 saturated heterocycles. The van der Waals surface area contributed by atoms with Crippen LogP contribution in [0.25, 0.3) is 0 Å². The van der Waals surface area contributed by atoms with Gasteiger partial charge in [-0.2, -0.15) is 13.2 Å². The molecule has 1 N–H and O–H groups in total. The highest BCUT2D eigenvalue weighted by atomic mass is 19.4. The normalized spacial score (nSPS) is 26.3. The number of rotatable bonds is 1. The molecule has 4 nitrogen and oxygen atoms in total. The molecule has 120 valence electrons. The average Bonchev–Trinajstić information content (AvgIpc) is 3.31. The molecule has 3 aliphatic rings. The zero-order valence-corrected chi connectivity index (χ0v) is 12.2. The van der Waals surface area contributed by atoms with Crippen molar-refractivity contribution in [1.82, 2.24) is 15.2 Å². The first kappa shape index (κ1) is 14.3. The molecule has 1 aromatic rings. The van der Waals surface area contributed by atoms with Crippen molar-refractivity contribution in [1.29, 1.82) is 0 Å². The molecule has 0 radical (unpaired) electrons. The Labute approximate surface area is 127 Å². The summed E-state index contributed by atoms with van der Waals surface area (Å²) in [6.07, 6.45) is -1.05. The van der Waals surface area contributed by atoms with Crippen LogP contribution in [0.1, 0.15) is 24.0 Å². The zero-order valence-electron chi connectivity index (χ0n) is 12.2. The summed E-state index contributed by atoms with van der Waals surface area (Å²) in [5.74, 6) is 0.739. The third-order valence-corrected chi connectivity index (χ3v) is 4.77. The molecule has 0 unspecified atom stereocenters. The predicted molar refractivity (Wildman–Crippen MR) is 76.7 cm³/mol. The fraction of sp³-hybridized carbons (Fsp3) is 0.667. The summed E-state index contributed by atoms with van der Waals surface area (Å²) >= 11 is 0. The van der Waals surface area contributed by atoms with Crippen LogP contribution in [0.4, 0.5) is 19.0 Å². The SMILES string of the molecule is FC(F)(F)c1cnc2c(c1)CN(C1CC1)C[C@H]1CNCCN21. The third-order valence-electron chi connectivity index (χ3n) is 4.77. The van der Waals surface area contributed by atoms with Crippen molar-refractivity contribution in [3.05, 3.63) is 23.4 Å². The van der Waals surface area contributed by atoms with Crippen molar-refractivity contribution in [3.8, 4) is 0 Å². The van der Waals surface area contributed by atoms with Gasteiger partial charge in [-0.1, -0.05) is 0 Å². The van der Waals surface area contributed by atoms with E-state index in [-0.39, 0.29) is 0 Å². The molecule has 1 saturated carbocycles. The fourth-order valence-corrected chi connectivity index (χ4v) is 3.51. The summed E-state index contributed by atoms with van der Waals surface area (Å²) in [6.45, 7) is 3.99. The lowest BCUT2D eigenvalue weighted by Crippen LogP contribution is -2.55. The number of aromatic nitrogens is 1. The molecule has 0 bridgehead atoms. The van der Waals surface area contributed by atoms with Crippen molar-refractivity contribution in [2.24, 2.45) is 0 Å². The molecule has 0 amide bonds. The number of hydrogen-bond acceptors (Lipinski definition) is 4. The van der Waals surface area contributed by atoms with E-state index in [9.17, 15) is 13.2 Å². The van der Waals surface area contributed by atoms with Gasteiger partial charge in [-0.3, -0.25) is 4.90 Å². The van der Waals surface area contributed by atoms with Crippen LogP contribution in [0.2, 0.25) is 0 Å². The van der Waals surface area contributed by atoms with Gasteiger partial charge in [0.2, 0.25) is 0 Å². The Balaban J connectivity index is 1.74. The van der Waals surface area contributed by atoms with E-state index in [4.69, 9.17) is 0 Å². The molecule has 2 aliphatic heterocycles. The first-order valence-electron chi connectivity index (χ1n) is 7.80. The summed E-state index contributed by atoms with van der Waals surface area (Å²) in [5, 5.41) is 3.38. The molecule has 1 atom stereocenters. The monoisotopic (exact) mass is 312 g/mol. The Morgan fingerprint density at radius 3 is 2.77 bits per heavy atom. The second kappa shape index (κ2) is 5.09. The number of nitrogens with zero attached hydrogens (tertiary/aromatic N) is 3. The zero-order chi connectivity index (χ0) is 15.3. The molecule has 3 heterocycles. The van der Waals surface area contributed by atoms with Crippen molar-refractivity contribution < 1.29 is 13.2 Å². The minimum absolute atomic E-state index is 0.292. The first-order valence-corrected chi connectivity index (χ1v) is 7.80. The molecule has 1 aromatic heterocycles. The van der Waals surface area contributed by atoms with Gasteiger partial charge in [0.25, 0.3) is 0 Å². The number of nitrogens with one attached hydrogen (secondary N) is 1. The maximum atomic E-state index is 13.0. The number of piperazine rings is 1. The van der Waals surface area contributed by atoms with E-state index in [0.29, 0.717) is 24.2 Å². The van der Waals surface area contributed by atoms with E-state index in [2.05, 4.69) is 20.1 Å². The topological polar surface area (TPSA) is 31.4 Å². The van der Waals surface area contributed by atoms with Crippen LogP contribution in [0.3, 0.4) is 0 Å². The van der Waals surface area contributed by atoms with Crippen LogP contribution in [-0.4, -0.2) is 48.1 Å². The first-order chi connectivity index (χ1) is 10.5. The minimum Gasteiger partial charge on any atom is -0.350 e. The smallest absolute Gasteiger partial charge is 0.350 e. The van der Waals surface area contributed by atoms with Crippen molar-refractivity contribution in [2.75, 3.05) is 31.1 Å². The number of hydrogen-bond donors (Lipinski definition) is 1. The van der Waals surface area contributed by atoms with E-state index < -0.39 is 11.7 Å². The highest BCUT2D eigenvalue weighted by Crippen LogP contribution is 2.37. The Morgan fingerprint density at radius 2 is 2.05 bits per heavy atom. The maximum absolute atomic E-state index is 13.0. The molecule has 22 heavy (non-hydrogen) atoms. The van der Waals surface area contributed by atoms with Crippen LogP contribution in [-0.2, 0) is 12.7 Å². The summed E-state index contributed by atoms with van der Waals surface area (Å²) in [7, 11) is 0. The molecular formula is C15H19F3N4. The van der Waals surface area contributed by atoms with Crippen LogP contribution >= 0.6 is 0 Å². The number of alkyl halides is 3. The largest absolute Gasteiger partial charge is 0.417 e. The highest BCUT2D eigenvalue weighted by Gasteiger charge is 2.38. The lowest BCUT2D eigenvalue weighted by molar-refractivity contribution is -0.137. The van der Waals surface area contributed by atoms with E-state index in [0.717, 1.165) is 51.0 Å². The summed E-state index contributed by atoms with van der Waals surface area (Å²) < 4.78 is 39.0. The maximum Gasteiger partial charge on any atom is 0.417 e. The van der Waals surface area contributed by atoms with Crippen LogP contribution in [0, 0.1) is 0 Å². The lowest BCUT2D eigenvalue weighted by atomic mass is 10.1. The van der Waals surface area contributed by atoms with Gasteiger partial charge in [0.1, 0.15) is 5.82 Å². The second-order valence-electron chi connectivity index (χ2n) is 6.42. The summed E-state index contributed by atoms with van der Waals surface area (Å²) in [4.78, 5) is 8.72. The molecular weight excluding hydrogens is 293 g/mol. The quantitative estimate of drug-likeness (QED) is 0.858. The van der Waals surface area contributed by atoms with Gasteiger partial charge in [0.05, 0.1) is 11.6 Å². The summed E-state index contributed by atoms with van der Waals surface area (Å²) in [5.41, 5.74) is 0.0710. The number of fused-ring (bicyclic) bond motifs is 3. The van der Waals surface area contributed by atoms with Gasteiger partial charge in [0.15, 0.2) is 0 Å². The van der Waals surface area contributed by atoms with E-state index >= 15 is 0 Å². The molecule has 4 rings (SSSR count). The average molecular weight is 312 g/mol. The lowest BCUT2D eigenvalue weighted by Gasteiger charge is -2.37. The van der Waals surface area contributed by atoms with Gasteiger partial charge < -0.3 is 10.2 Å². The van der Waals surface area contributed by atoms with Crippen LogP contribution in [0.15, 0.2) is 12.3 Å². The van der Waals surface area contributed by atoms with Crippen LogP contribution in [0.5, 0.6) is 0 Å². The fourth-order valence-electron chi connectivity index (χ4n) is 3.51. The molecule has 1 aliphatic carbocycles. The second-order valence-corrected chi connectivity index (χ2v) is 6.42. The number of pyridine rings is 1. The van der Waals surface area contributed by atoms with E-state index in [1.54, 1.807) is 0 Å². The Bertz CT molecular complexity index is 570.